The number of thioether (sulfide) groups is 1. The van der Waals surface area contributed by atoms with Crippen molar-refractivity contribution in [1.29, 1.82) is 0 Å². The van der Waals surface area contributed by atoms with Crippen molar-refractivity contribution in [2.75, 3.05) is 17.2 Å². The van der Waals surface area contributed by atoms with Gasteiger partial charge in [-0.3, -0.25) is 4.79 Å². The minimum atomic E-state index is -0.287. The number of hydrogen-bond donors (Lipinski definition) is 2. The zero-order chi connectivity index (χ0) is 17.5. The highest BCUT2D eigenvalue weighted by molar-refractivity contribution is 8.02. The third-order valence-corrected chi connectivity index (χ3v) is 5.45. The van der Waals surface area contributed by atoms with Gasteiger partial charge in [0.2, 0.25) is 11.0 Å². The molecular formula is C15H22N6OS2. The lowest BCUT2D eigenvalue weighted by Gasteiger charge is -2.15. The van der Waals surface area contributed by atoms with Gasteiger partial charge in [0.15, 0.2) is 4.34 Å². The van der Waals surface area contributed by atoms with E-state index in [-0.39, 0.29) is 17.2 Å². The van der Waals surface area contributed by atoms with E-state index in [4.69, 9.17) is 0 Å². The van der Waals surface area contributed by atoms with Crippen LogP contribution in [0.4, 0.5) is 10.9 Å². The summed E-state index contributed by atoms with van der Waals surface area (Å²) in [6.07, 6.45) is 4.40. The zero-order valence-electron chi connectivity index (χ0n) is 14.0. The standard InChI is InChI=1S/C15H22N6OS2/c1-5-8-16-14-19-20-15(24-14)23-11(4)13(22)18-12-7-9-17-21(12)10(3)6-2/h5,7,9-11H,1,6,8H2,2-4H3,(H,16,19)(H,18,22)/t10-,11-/m0/s1. The first-order valence-electron chi connectivity index (χ1n) is 7.74. The summed E-state index contributed by atoms with van der Waals surface area (Å²) in [5, 5.41) is 18.8. The van der Waals surface area contributed by atoms with Crippen molar-refractivity contribution in [3.8, 4) is 0 Å². The number of amides is 1. The summed E-state index contributed by atoms with van der Waals surface area (Å²) >= 11 is 2.81. The van der Waals surface area contributed by atoms with Crippen LogP contribution in [0.3, 0.4) is 0 Å². The third kappa shape index (κ3) is 4.81. The van der Waals surface area contributed by atoms with Crippen molar-refractivity contribution in [3.63, 3.8) is 0 Å². The van der Waals surface area contributed by atoms with Gasteiger partial charge < -0.3 is 10.6 Å². The molecule has 2 atom stereocenters. The molecule has 2 heterocycles. The summed E-state index contributed by atoms with van der Waals surface area (Å²) in [4.78, 5) is 12.4. The number of carbonyl (C=O) groups is 1. The van der Waals surface area contributed by atoms with Gasteiger partial charge in [-0.15, -0.1) is 16.8 Å². The first-order chi connectivity index (χ1) is 11.5. The summed E-state index contributed by atoms with van der Waals surface area (Å²) in [6.45, 7) is 10.3. The highest BCUT2D eigenvalue weighted by atomic mass is 32.2. The largest absolute Gasteiger partial charge is 0.357 e. The highest BCUT2D eigenvalue weighted by Crippen LogP contribution is 2.29. The maximum atomic E-state index is 12.4. The number of anilines is 2. The van der Waals surface area contributed by atoms with E-state index in [1.165, 1.54) is 23.1 Å². The number of nitrogens with zero attached hydrogens (tertiary/aromatic N) is 4. The van der Waals surface area contributed by atoms with E-state index in [1.54, 1.807) is 12.3 Å². The Morgan fingerprint density at radius 1 is 1.50 bits per heavy atom. The molecule has 130 valence electrons. The number of hydrogen-bond acceptors (Lipinski definition) is 7. The molecule has 0 saturated carbocycles. The second-order valence-electron chi connectivity index (χ2n) is 5.21. The molecule has 2 rings (SSSR count). The summed E-state index contributed by atoms with van der Waals surface area (Å²) in [5.74, 6) is 0.633. The second kappa shape index (κ2) is 8.84. The molecule has 2 aromatic heterocycles. The van der Waals surface area contributed by atoms with Crippen LogP contribution in [0.15, 0.2) is 29.3 Å². The molecule has 24 heavy (non-hydrogen) atoms. The molecule has 0 aromatic carbocycles. The zero-order valence-corrected chi connectivity index (χ0v) is 15.7. The molecule has 0 unspecified atom stereocenters. The fourth-order valence-electron chi connectivity index (χ4n) is 1.86. The first-order valence-corrected chi connectivity index (χ1v) is 9.44. The Balaban J connectivity index is 1.94. The van der Waals surface area contributed by atoms with Gasteiger partial charge in [-0.2, -0.15) is 5.10 Å². The van der Waals surface area contributed by atoms with Crippen molar-refractivity contribution in [1.82, 2.24) is 20.0 Å². The van der Waals surface area contributed by atoms with E-state index in [1.807, 2.05) is 17.7 Å². The first kappa shape index (κ1) is 18.5. The number of rotatable bonds is 9. The molecular weight excluding hydrogens is 344 g/mol. The van der Waals surface area contributed by atoms with Crippen molar-refractivity contribution >= 4 is 40.0 Å². The smallest absolute Gasteiger partial charge is 0.238 e. The van der Waals surface area contributed by atoms with E-state index in [0.717, 1.165) is 15.9 Å². The molecule has 0 spiro atoms. The average Bonchev–Trinajstić information content (AvgIpc) is 3.21. The van der Waals surface area contributed by atoms with Gasteiger partial charge in [-0.25, -0.2) is 4.68 Å². The minimum Gasteiger partial charge on any atom is -0.357 e. The molecule has 2 aromatic rings. The maximum absolute atomic E-state index is 12.4. The Labute approximate surface area is 149 Å². The molecule has 0 fully saturated rings. The van der Waals surface area contributed by atoms with Crippen LogP contribution in [0.2, 0.25) is 0 Å². The molecule has 0 aliphatic rings. The molecule has 0 saturated heterocycles. The molecule has 9 heteroatoms. The Kier molecular flexibility index (Phi) is 6.80. The Hall–Kier alpha value is -1.87. The third-order valence-electron chi connectivity index (χ3n) is 3.38. The van der Waals surface area contributed by atoms with Crippen LogP contribution in [-0.2, 0) is 4.79 Å². The maximum Gasteiger partial charge on any atom is 0.238 e. The topological polar surface area (TPSA) is 84.7 Å². The van der Waals surface area contributed by atoms with E-state index in [9.17, 15) is 4.79 Å². The SMILES string of the molecule is C=CCNc1nnc(S[C@@H](C)C(=O)Nc2ccnn2[C@@H](C)CC)s1. The monoisotopic (exact) mass is 366 g/mol. The second-order valence-corrected chi connectivity index (χ2v) is 7.78. The lowest BCUT2D eigenvalue weighted by molar-refractivity contribution is -0.115. The van der Waals surface area contributed by atoms with Crippen molar-refractivity contribution in [3.05, 3.63) is 24.9 Å². The van der Waals surface area contributed by atoms with Gasteiger partial charge >= 0.3 is 0 Å². The minimum absolute atomic E-state index is 0.0825. The number of carbonyl (C=O) groups excluding carboxylic acids is 1. The lowest BCUT2D eigenvalue weighted by Crippen LogP contribution is -2.24. The van der Waals surface area contributed by atoms with E-state index in [0.29, 0.717) is 12.4 Å². The van der Waals surface area contributed by atoms with Crippen LogP contribution in [0.25, 0.3) is 0 Å². The van der Waals surface area contributed by atoms with Crippen LogP contribution >= 0.6 is 23.1 Å². The summed E-state index contributed by atoms with van der Waals surface area (Å²) in [5.41, 5.74) is 0. The van der Waals surface area contributed by atoms with Crippen LogP contribution in [-0.4, -0.2) is 37.7 Å². The highest BCUT2D eigenvalue weighted by Gasteiger charge is 2.19. The molecule has 1 amide bonds. The average molecular weight is 367 g/mol. The van der Waals surface area contributed by atoms with Crippen LogP contribution < -0.4 is 10.6 Å². The van der Waals surface area contributed by atoms with E-state index < -0.39 is 0 Å². The van der Waals surface area contributed by atoms with Gasteiger partial charge in [-0.05, 0) is 20.3 Å². The Morgan fingerprint density at radius 3 is 3.00 bits per heavy atom. The van der Waals surface area contributed by atoms with Gasteiger partial charge in [-0.1, -0.05) is 36.1 Å². The van der Waals surface area contributed by atoms with E-state index in [2.05, 4.69) is 46.4 Å². The van der Waals surface area contributed by atoms with Crippen LogP contribution in [0.1, 0.15) is 33.2 Å². The molecule has 0 aliphatic heterocycles. The molecule has 0 bridgehead atoms. The van der Waals surface area contributed by atoms with Gasteiger partial charge in [0, 0.05) is 12.6 Å². The quantitative estimate of drug-likeness (QED) is 0.522. The summed E-state index contributed by atoms with van der Waals surface area (Å²) in [6, 6.07) is 2.05. The predicted octanol–water partition coefficient (Wildman–Crippen LogP) is 3.42. The van der Waals surface area contributed by atoms with Gasteiger partial charge in [0.25, 0.3) is 0 Å². The van der Waals surface area contributed by atoms with Crippen LogP contribution in [0.5, 0.6) is 0 Å². The van der Waals surface area contributed by atoms with Gasteiger partial charge in [0.1, 0.15) is 5.82 Å². The van der Waals surface area contributed by atoms with Crippen LogP contribution in [0, 0.1) is 0 Å². The fourth-order valence-corrected chi connectivity index (χ4v) is 3.76. The molecule has 0 radical (unpaired) electrons. The Morgan fingerprint density at radius 2 is 2.29 bits per heavy atom. The summed E-state index contributed by atoms with van der Waals surface area (Å²) in [7, 11) is 0. The number of aromatic nitrogens is 4. The normalized spacial score (nSPS) is 13.3. The van der Waals surface area contributed by atoms with Crippen molar-refractivity contribution in [2.24, 2.45) is 0 Å². The Bertz CT molecular complexity index is 683. The predicted molar refractivity (Wildman–Crippen MR) is 99.8 cm³/mol. The van der Waals surface area contributed by atoms with Crippen molar-refractivity contribution < 1.29 is 4.79 Å². The van der Waals surface area contributed by atoms with Gasteiger partial charge in [0.05, 0.1) is 17.5 Å². The molecule has 7 nitrogen and oxygen atoms in total. The fraction of sp³-hybridized carbons (Fsp3) is 0.467. The molecule has 0 aliphatic carbocycles. The molecule has 2 N–H and O–H groups in total. The van der Waals surface area contributed by atoms with Crippen molar-refractivity contribution in [2.45, 2.75) is 42.8 Å². The lowest BCUT2D eigenvalue weighted by atomic mass is 10.3. The summed E-state index contributed by atoms with van der Waals surface area (Å²) < 4.78 is 2.58. The van der Waals surface area contributed by atoms with E-state index >= 15 is 0 Å². The number of nitrogens with one attached hydrogen (secondary N) is 2.